The van der Waals surface area contributed by atoms with E-state index in [0.29, 0.717) is 21.9 Å². The molecule has 2 heterocycles. The van der Waals surface area contributed by atoms with Crippen molar-refractivity contribution in [3.63, 3.8) is 0 Å². The van der Waals surface area contributed by atoms with Crippen LogP contribution in [-0.4, -0.2) is 40.7 Å². The van der Waals surface area contributed by atoms with E-state index in [-0.39, 0.29) is 27.9 Å². The molecule has 0 saturated heterocycles. The number of aromatic amines is 1. The van der Waals surface area contributed by atoms with Gasteiger partial charge < -0.3 is 14.5 Å². The van der Waals surface area contributed by atoms with Crippen LogP contribution in [0.1, 0.15) is 20.9 Å². The number of H-pyrrole nitrogens is 1. The summed E-state index contributed by atoms with van der Waals surface area (Å²) < 4.78 is 10.4. The minimum absolute atomic E-state index is 0.0531. The molecule has 0 bridgehead atoms. The SMILES string of the molecule is COc1ccc(-c2nc(C)c(C(=O)CSc3nc(-c4cccc(OC)c4)c(C#N)c(=O)[nH]3)s2)cc1. The van der Waals surface area contributed by atoms with E-state index in [0.717, 1.165) is 28.1 Å². The molecule has 0 radical (unpaired) electrons. The highest BCUT2D eigenvalue weighted by Crippen LogP contribution is 2.31. The Balaban J connectivity index is 1.56. The number of nitrogens with one attached hydrogen (secondary N) is 1. The van der Waals surface area contributed by atoms with Crippen molar-refractivity contribution in [2.75, 3.05) is 20.0 Å². The Hall–Kier alpha value is -3.94. The van der Waals surface area contributed by atoms with Crippen molar-refractivity contribution in [2.24, 2.45) is 0 Å². The summed E-state index contributed by atoms with van der Waals surface area (Å²) in [5.74, 6) is 1.25. The van der Waals surface area contributed by atoms with Crippen LogP contribution in [0.3, 0.4) is 0 Å². The lowest BCUT2D eigenvalue weighted by atomic mass is 10.1. The third-order valence-corrected chi connectivity index (χ3v) is 7.20. The fraction of sp³-hybridized carbons (Fsp3) is 0.160. The molecule has 0 atom stereocenters. The van der Waals surface area contributed by atoms with Crippen LogP contribution in [0.25, 0.3) is 21.8 Å². The number of thioether (sulfide) groups is 1. The molecule has 0 fully saturated rings. The highest BCUT2D eigenvalue weighted by molar-refractivity contribution is 7.99. The van der Waals surface area contributed by atoms with Gasteiger partial charge in [-0.3, -0.25) is 9.59 Å². The van der Waals surface area contributed by atoms with Crippen molar-refractivity contribution in [2.45, 2.75) is 12.1 Å². The molecule has 0 aliphatic heterocycles. The number of carbonyl (C=O) groups excluding carboxylic acids is 1. The predicted octanol–water partition coefficient (Wildman–Crippen LogP) is 4.73. The first-order valence-electron chi connectivity index (χ1n) is 10.4. The van der Waals surface area contributed by atoms with Gasteiger partial charge in [-0.25, -0.2) is 9.97 Å². The van der Waals surface area contributed by atoms with Gasteiger partial charge in [-0.05, 0) is 43.3 Å². The number of hydrogen-bond acceptors (Lipinski definition) is 9. The molecule has 4 aromatic rings. The third kappa shape index (κ3) is 5.26. The summed E-state index contributed by atoms with van der Waals surface area (Å²) in [5, 5.41) is 10.5. The van der Waals surface area contributed by atoms with Crippen LogP contribution < -0.4 is 15.0 Å². The van der Waals surface area contributed by atoms with Gasteiger partial charge in [-0.1, -0.05) is 23.9 Å². The van der Waals surface area contributed by atoms with E-state index in [1.807, 2.05) is 30.3 Å². The van der Waals surface area contributed by atoms with Gasteiger partial charge in [-0.15, -0.1) is 11.3 Å². The molecule has 0 amide bonds. The van der Waals surface area contributed by atoms with E-state index in [4.69, 9.17) is 9.47 Å². The maximum absolute atomic E-state index is 13.0. The molecule has 2 aromatic carbocycles. The highest BCUT2D eigenvalue weighted by Gasteiger charge is 2.19. The minimum atomic E-state index is -0.564. The Morgan fingerprint density at radius 1 is 1.09 bits per heavy atom. The third-order valence-electron chi connectivity index (χ3n) is 5.08. The number of rotatable bonds is 8. The molecule has 0 aliphatic carbocycles. The average Bonchev–Trinajstić information content (AvgIpc) is 3.28. The molecule has 0 saturated carbocycles. The predicted molar refractivity (Wildman–Crippen MR) is 135 cm³/mol. The normalized spacial score (nSPS) is 10.6. The summed E-state index contributed by atoms with van der Waals surface area (Å²) >= 11 is 2.42. The zero-order valence-corrected chi connectivity index (χ0v) is 20.8. The Labute approximate surface area is 209 Å². The van der Waals surface area contributed by atoms with Gasteiger partial charge in [0.15, 0.2) is 10.9 Å². The van der Waals surface area contributed by atoms with Gasteiger partial charge in [0, 0.05) is 11.1 Å². The summed E-state index contributed by atoms with van der Waals surface area (Å²) in [7, 11) is 3.14. The van der Waals surface area contributed by atoms with Gasteiger partial charge in [0.25, 0.3) is 5.56 Å². The zero-order valence-electron chi connectivity index (χ0n) is 19.1. The molecule has 176 valence electrons. The van der Waals surface area contributed by atoms with Crippen LogP contribution in [0.5, 0.6) is 11.5 Å². The highest BCUT2D eigenvalue weighted by atomic mass is 32.2. The van der Waals surface area contributed by atoms with Crippen LogP contribution >= 0.6 is 23.1 Å². The first kappa shape index (κ1) is 24.2. The Kier molecular flexibility index (Phi) is 7.29. The van der Waals surface area contributed by atoms with Gasteiger partial charge in [-0.2, -0.15) is 5.26 Å². The van der Waals surface area contributed by atoms with Crippen molar-refractivity contribution in [1.82, 2.24) is 15.0 Å². The summed E-state index contributed by atoms with van der Waals surface area (Å²) in [6.45, 7) is 1.80. The number of aryl methyl sites for hydroxylation is 1. The Bertz CT molecular complexity index is 1490. The summed E-state index contributed by atoms with van der Waals surface area (Å²) in [4.78, 5) is 37.7. The molecule has 4 rings (SSSR count). The number of benzene rings is 2. The smallest absolute Gasteiger partial charge is 0.270 e. The van der Waals surface area contributed by atoms with Gasteiger partial charge >= 0.3 is 0 Å². The lowest BCUT2D eigenvalue weighted by Crippen LogP contribution is -2.15. The number of nitriles is 1. The van der Waals surface area contributed by atoms with Crippen LogP contribution in [0.4, 0.5) is 0 Å². The number of nitrogens with zero attached hydrogens (tertiary/aromatic N) is 3. The summed E-state index contributed by atoms with van der Waals surface area (Å²) in [5.41, 5.74) is 1.68. The molecular formula is C25H20N4O4S2. The summed E-state index contributed by atoms with van der Waals surface area (Å²) in [6, 6.07) is 16.3. The maximum atomic E-state index is 13.0. The summed E-state index contributed by atoms with van der Waals surface area (Å²) in [6.07, 6.45) is 0. The first-order chi connectivity index (χ1) is 16.9. The van der Waals surface area contributed by atoms with Crippen LogP contribution in [0.2, 0.25) is 0 Å². The van der Waals surface area contributed by atoms with Gasteiger partial charge in [0.1, 0.15) is 28.1 Å². The monoisotopic (exact) mass is 504 g/mol. The van der Waals surface area contributed by atoms with E-state index >= 15 is 0 Å². The average molecular weight is 505 g/mol. The number of Topliss-reactive ketones (excluding diaryl/α,β-unsaturated/α-hetero) is 1. The lowest BCUT2D eigenvalue weighted by Gasteiger charge is -2.07. The second-order valence-electron chi connectivity index (χ2n) is 7.31. The van der Waals surface area contributed by atoms with Crippen molar-refractivity contribution in [3.05, 3.63) is 75.0 Å². The maximum Gasteiger partial charge on any atom is 0.270 e. The molecule has 1 N–H and O–H groups in total. The fourth-order valence-electron chi connectivity index (χ4n) is 3.32. The number of ketones is 1. The van der Waals surface area contributed by atoms with E-state index in [1.54, 1.807) is 38.3 Å². The number of thiazole rings is 1. The van der Waals surface area contributed by atoms with E-state index in [9.17, 15) is 14.9 Å². The Morgan fingerprint density at radius 2 is 1.83 bits per heavy atom. The number of carbonyl (C=O) groups is 1. The quantitative estimate of drug-likeness (QED) is 0.208. The van der Waals surface area contributed by atoms with E-state index in [1.165, 1.54) is 18.4 Å². The van der Waals surface area contributed by atoms with Crippen molar-refractivity contribution < 1.29 is 14.3 Å². The topological polar surface area (TPSA) is 118 Å². The second-order valence-corrected chi connectivity index (χ2v) is 9.28. The van der Waals surface area contributed by atoms with Crippen molar-refractivity contribution >= 4 is 28.9 Å². The zero-order chi connectivity index (χ0) is 24.9. The largest absolute Gasteiger partial charge is 0.497 e. The standard InChI is InChI=1S/C25H20N4O4S2/c1-14-22(35-24(27-14)15-7-9-17(32-2)10-8-15)20(30)13-34-25-28-21(19(12-26)23(31)29-25)16-5-4-6-18(11-16)33-3/h4-11H,13H2,1-3H3,(H,28,29,31). The molecule has 8 nitrogen and oxygen atoms in total. The molecule has 35 heavy (non-hydrogen) atoms. The number of aromatic nitrogens is 3. The molecule has 0 aliphatic rings. The number of methoxy groups -OCH3 is 2. The lowest BCUT2D eigenvalue weighted by molar-refractivity contribution is 0.102. The van der Waals surface area contributed by atoms with E-state index < -0.39 is 5.56 Å². The van der Waals surface area contributed by atoms with Crippen LogP contribution in [0, 0.1) is 18.3 Å². The number of ether oxygens (including phenoxy) is 2. The fourth-order valence-corrected chi connectivity index (χ4v) is 5.15. The van der Waals surface area contributed by atoms with Crippen LogP contribution in [-0.2, 0) is 0 Å². The van der Waals surface area contributed by atoms with Crippen molar-refractivity contribution in [1.29, 1.82) is 5.26 Å². The van der Waals surface area contributed by atoms with Crippen LogP contribution in [0.15, 0.2) is 58.5 Å². The second kappa shape index (κ2) is 10.5. The molecular weight excluding hydrogens is 484 g/mol. The van der Waals surface area contributed by atoms with Gasteiger partial charge in [0.2, 0.25) is 0 Å². The first-order valence-corrected chi connectivity index (χ1v) is 12.2. The number of hydrogen-bond donors (Lipinski definition) is 1. The molecule has 0 unspecified atom stereocenters. The molecule has 0 spiro atoms. The molecule has 2 aromatic heterocycles. The molecule has 10 heteroatoms. The van der Waals surface area contributed by atoms with E-state index in [2.05, 4.69) is 15.0 Å². The van der Waals surface area contributed by atoms with Crippen molar-refractivity contribution in [3.8, 4) is 39.4 Å². The van der Waals surface area contributed by atoms with Gasteiger partial charge in [0.05, 0.1) is 36.2 Å². The minimum Gasteiger partial charge on any atom is -0.497 e. The Morgan fingerprint density at radius 3 is 2.51 bits per heavy atom.